The zero-order valence-electron chi connectivity index (χ0n) is 26.6. The third-order valence-corrected chi connectivity index (χ3v) is 6.92. The number of anilines is 1. The van der Waals surface area contributed by atoms with E-state index in [1.165, 1.54) is 11.1 Å². The smallest absolute Gasteiger partial charge is 0.307 e. The number of carboxylic acids is 1. The minimum Gasteiger partial charge on any atom is -0.481 e. The summed E-state index contributed by atoms with van der Waals surface area (Å²) in [5, 5.41) is 18.1. The highest BCUT2D eigenvalue weighted by atomic mass is 16.4. The van der Waals surface area contributed by atoms with Crippen molar-refractivity contribution < 1.29 is 15.0 Å². The second kappa shape index (κ2) is 15.0. The number of hydrogen-bond acceptors (Lipinski definition) is 4. The minimum atomic E-state index is -0.821. The van der Waals surface area contributed by atoms with Crippen molar-refractivity contribution in [2.75, 3.05) is 18.0 Å². The maximum atomic E-state index is 11.7. The second-order valence-electron chi connectivity index (χ2n) is 12.2. The molecule has 2 heterocycles. The maximum absolute atomic E-state index is 11.7. The van der Waals surface area contributed by atoms with Gasteiger partial charge in [0, 0.05) is 35.6 Å². The number of carboxylic acid groups (broad SMARTS) is 1. The lowest BCUT2D eigenvalue weighted by molar-refractivity contribution is -0.136. The predicted molar refractivity (Wildman–Crippen MR) is 174 cm³/mol. The van der Waals surface area contributed by atoms with Crippen molar-refractivity contribution in [3.63, 3.8) is 0 Å². The van der Waals surface area contributed by atoms with Gasteiger partial charge in [0.15, 0.2) is 0 Å². The van der Waals surface area contributed by atoms with Crippen LogP contribution in [0.3, 0.4) is 0 Å². The fourth-order valence-electron chi connectivity index (χ4n) is 4.74. The molecule has 0 amide bonds. The molecule has 4 rings (SSSR count). The standard InChI is InChI=1S/C30H34N2O2.C4H10O.C2H6/c1-21-26(15-12-23-10-13-25(14-11-23)24-8-6-5-7-9-24)29(27(20-28(33)34)22(2)31-21)32-18-16-30(3,4)17-19-32;1-4(2,3)5;1-2/h5-15H,16-20H2,1-4H3,(H,33,34);5H,1-3H3;1-2H3/b15-12+;;. The number of aryl methyl sites for hydroxylation is 2. The zero-order valence-corrected chi connectivity index (χ0v) is 26.6. The molecule has 0 unspecified atom stereocenters. The topological polar surface area (TPSA) is 73.7 Å². The molecule has 1 fully saturated rings. The van der Waals surface area contributed by atoms with Crippen LogP contribution in [0.5, 0.6) is 0 Å². The van der Waals surface area contributed by atoms with E-state index in [1.807, 2.05) is 45.9 Å². The van der Waals surface area contributed by atoms with Crippen molar-refractivity contribution >= 4 is 23.8 Å². The highest BCUT2D eigenvalue weighted by Gasteiger charge is 2.29. The van der Waals surface area contributed by atoms with Gasteiger partial charge in [0.05, 0.1) is 17.7 Å². The van der Waals surface area contributed by atoms with Crippen LogP contribution in [0.2, 0.25) is 0 Å². The molecular formula is C36H50N2O3. The van der Waals surface area contributed by atoms with Crippen LogP contribution in [0.15, 0.2) is 54.6 Å². The fraction of sp³-hybridized carbons (Fsp3) is 0.444. The number of hydrogen-bond donors (Lipinski definition) is 2. The van der Waals surface area contributed by atoms with E-state index in [4.69, 9.17) is 10.1 Å². The van der Waals surface area contributed by atoms with E-state index in [0.29, 0.717) is 5.41 Å². The van der Waals surface area contributed by atoms with Gasteiger partial charge in [0.25, 0.3) is 0 Å². The molecule has 0 aliphatic carbocycles. The molecule has 1 aliphatic heterocycles. The Hall–Kier alpha value is -3.44. The lowest BCUT2D eigenvalue weighted by Crippen LogP contribution is -2.38. The third-order valence-electron chi connectivity index (χ3n) is 6.92. The van der Waals surface area contributed by atoms with E-state index in [0.717, 1.165) is 59.7 Å². The molecule has 0 saturated carbocycles. The van der Waals surface area contributed by atoms with Gasteiger partial charge in [0.2, 0.25) is 0 Å². The average molecular weight is 559 g/mol. The van der Waals surface area contributed by atoms with E-state index < -0.39 is 11.6 Å². The Kier molecular flexibility index (Phi) is 12.3. The van der Waals surface area contributed by atoms with Crippen molar-refractivity contribution in [1.29, 1.82) is 0 Å². The van der Waals surface area contributed by atoms with Gasteiger partial charge in [-0.05, 0) is 69.6 Å². The summed E-state index contributed by atoms with van der Waals surface area (Å²) in [4.78, 5) is 18.8. The van der Waals surface area contributed by atoms with E-state index in [9.17, 15) is 9.90 Å². The van der Waals surface area contributed by atoms with Crippen LogP contribution in [0, 0.1) is 19.3 Å². The van der Waals surface area contributed by atoms with Gasteiger partial charge >= 0.3 is 5.97 Å². The number of aliphatic carboxylic acids is 1. The first kappa shape index (κ1) is 33.8. The largest absolute Gasteiger partial charge is 0.481 e. The Morgan fingerprint density at radius 1 is 0.902 bits per heavy atom. The highest BCUT2D eigenvalue weighted by molar-refractivity contribution is 5.84. The molecule has 0 radical (unpaired) electrons. The summed E-state index contributed by atoms with van der Waals surface area (Å²) < 4.78 is 0. The molecule has 2 N–H and O–H groups in total. The van der Waals surface area contributed by atoms with Crippen LogP contribution in [0.25, 0.3) is 23.3 Å². The Morgan fingerprint density at radius 2 is 1.41 bits per heavy atom. The van der Waals surface area contributed by atoms with Crippen molar-refractivity contribution in [1.82, 2.24) is 4.98 Å². The fourth-order valence-corrected chi connectivity index (χ4v) is 4.74. The SMILES string of the molecule is CC.CC(C)(C)O.Cc1nc(C)c(CC(=O)O)c(N2CCC(C)(C)CC2)c1/C=C/c1ccc(-c2ccccc2)cc1. The van der Waals surface area contributed by atoms with Gasteiger partial charge in [-0.25, -0.2) is 0 Å². The lowest BCUT2D eigenvalue weighted by atomic mass is 9.82. The predicted octanol–water partition coefficient (Wildman–Crippen LogP) is 8.59. The molecule has 41 heavy (non-hydrogen) atoms. The van der Waals surface area contributed by atoms with Crippen LogP contribution in [-0.2, 0) is 11.2 Å². The highest BCUT2D eigenvalue weighted by Crippen LogP contribution is 2.38. The van der Waals surface area contributed by atoms with Crippen molar-refractivity contribution in [2.45, 2.75) is 87.2 Å². The van der Waals surface area contributed by atoms with Crippen LogP contribution in [0.1, 0.15) is 89.4 Å². The Balaban J connectivity index is 0.000000759. The molecule has 3 aromatic rings. The number of pyridine rings is 1. The molecular weight excluding hydrogens is 508 g/mol. The van der Waals surface area contributed by atoms with Gasteiger partial charge in [-0.3, -0.25) is 9.78 Å². The van der Waals surface area contributed by atoms with Gasteiger partial charge in [-0.15, -0.1) is 0 Å². The first-order valence-corrected chi connectivity index (χ1v) is 14.8. The Labute approximate surface area is 248 Å². The van der Waals surface area contributed by atoms with Gasteiger partial charge in [0.1, 0.15) is 0 Å². The van der Waals surface area contributed by atoms with Gasteiger partial charge < -0.3 is 15.1 Å². The van der Waals surface area contributed by atoms with Crippen LogP contribution >= 0.6 is 0 Å². The molecule has 2 aromatic carbocycles. The number of aliphatic hydroxyl groups is 1. The maximum Gasteiger partial charge on any atom is 0.307 e. The molecule has 1 aromatic heterocycles. The van der Waals surface area contributed by atoms with Crippen LogP contribution < -0.4 is 4.90 Å². The van der Waals surface area contributed by atoms with Crippen molar-refractivity contribution in [2.24, 2.45) is 5.41 Å². The number of aromatic nitrogens is 1. The van der Waals surface area contributed by atoms with Gasteiger partial charge in [-0.1, -0.05) is 94.4 Å². The molecule has 5 nitrogen and oxygen atoms in total. The second-order valence-corrected chi connectivity index (χ2v) is 12.2. The normalized spacial score (nSPS) is 14.5. The van der Waals surface area contributed by atoms with Crippen molar-refractivity contribution in [3.05, 3.63) is 82.7 Å². The first-order valence-electron chi connectivity index (χ1n) is 14.8. The quantitative estimate of drug-likeness (QED) is 0.317. The van der Waals surface area contributed by atoms with Crippen LogP contribution in [-0.4, -0.2) is 39.9 Å². The lowest BCUT2D eigenvalue weighted by Gasteiger charge is -2.40. The number of benzene rings is 2. The zero-order chi connectivity index (χ0) is 30.8. The first-order chi connectivity index (χ1) is 19.2. The third kappa shape index (κ3) is 10.8. The summed E-state index contributed by atoms with van der Waals surface area (Å²) in [5.74, 6) is -0.821. The monoisotopic (exact) mass is 558 g/mol. The number of carbonyl (C=O) groups is 1. The molecule has 0 spiro atoms. The molecule has 5 heteroatoms. The number of nitrogens with zero attached hydrogens (tertiary/aromatic N) is 2. The van der Waals surface area contributed by atoms with E-state index in [-0.39, 0.29) is 6.42 Å². The number of piperidine rings is 1. The average Bonchev–Trinajstić information content (AvgIpc) is 2.90. The Bertz CT molecular complexity index is 1270. The summed E-state index contributed by atoms with van der Waals surface area (Å²) >= 11 is 0. The summed E-state index contributed by atoms with van der Waals surface area (Å²) in [6.07, 6.45) is 6.38. The van der Waals surface area contributed by atoms with E-state index in [1.54, 1.807) is 20.8 Å². The molecule has 0 bridgehead atoms. The van der Waals surface area contributed by atoms with Gasteiger partial charge in [-0.2, -0.15) is 0 Å². The molecule has 0 atom stereocenters. The van der Waals surface area contributed by atoms with Crippen molar-refractivity contribution in [3.8, 4) is 11.1 Å². The van der Waals surface area contributed by atoms with E-state index >= 15 is 0 Å². The Morgan fingerprint density at radius 3 is 1.93 bits per heavy atom. The summed E-state index contributed by atoms with van der Waals surface area (Å²) in [5.41, 5.74) is 7.94. The van der Waals surface area contributed by atoms with E-state index in [2.05, 4.69) is 67.3 Å². The number of rotatable bonds is 6. The molecule has 1 aliphatic rings. The summed E-state index contributed by atoms with van der Waals surface area (Å²) in [7, 11) is 0. The summed E-state index contributed by atoms with van der Waals surface area (Å²) in [6.45, 7) is 19.7. The summed E-state index contributed by atoms with van der Waals surface area (Å²) in [6, 6.07) is 18.9. The van der Waals surface area contributed by atoms with Crippen LogP contribution in [0.4, 0.5) is 5.69 Å². The molecule has 222 valence electrons. The molecule has 1 saturated heterocycles. The minimum absolute atomic E-state index is 0.0129.